The quantitative estimate of drug-likeness (QED) is 0.522. The fourth-order valence-corrected chi connectivity index (χ4v) is 4.31. The third-order valence-electron chi connectivity index (χ3n) is 5.97. The maximum absolute atomic E-state index is 11.7. The topological polar surface area (TPSA) is 72.8 Å². The normalized spacial score (nSPS) is 17.5. The third-order valence-corrected chi connectivity index (χ3v) is 5.97. The summed E-state index contributed by atoms with van der Waals surface area (Å²) in [6.07, 6.45) is 9.62. The molecule has 1 saturated carbocycles. The number of ketones is 1. The van der Waals surface area contributed by atoms with Crippen molar-refractivity contribution in [2.45, 2.75) is 32.3 Å². The summed E-state index contributed by atoms with van der Waals surface area (Å²) < 4.78 is 8.17. The smallest absolute Gasteiger partial charge is 0.133 e. The molecule has 6 nitrogen and oxygen atoms in total. The van der Waals surface area contributed by atoms with Crippen LogP contribution in [0.4, 0.5) is 0 Å². The van der Waals surface area contributed by atoms with Gasteiger partial charge in [0.05, 0.1) is 22.5 Å². The summed E-state index contributed by atoms with van der Waals surface area (Å²) in [5.41, 5.74) is 4.28. The van der Waals surface area contributed by atoms with Gasteiger partial charge >= 0.3 is 0 Å². The molecule has 0 radical (unpaired) electrons. The lowest BCUT2D eigenvalue weighted by molar-refractivity contribution is -0.117. The summed E-state index contributed by atoms with van der Waals surface area (Å²) in [6.45, 7) is 2.04. The fourth-order valence-electron chi connectivity index (χ4n) is 4.31. The van der Waals surface area contributed by atoms with Gasteiger partial charge in [-0.05, 0) is 43.7 Å². The molecule has 0 bridgehead atoms. The van der Waals surface area contributed by atoms with Gasteiger partial charge in [-0.2, -0.15) is 10.2 Å². The molecule has 6 heteroatoms. The lowest BCUT2D eigenvalue weighted by Gasteiger charge is -2.21. The molecule has 2 aromatic carbocycles. The zero-order valence-corrected chi connectivity index (χ0v) is 17.0. The molecule has 1 N–H and O–H groups in total. The van der Waals surface area contributed by atoms with E-state index in [9.17, 15) is 4.79 Å². The van der Waals surface area contributed by atoms with Crippen molar-refractivity contribution in [2.75, 3.05) is 0 Å². The molecule has 0 amide bonds. The number of hydrogen-bond donors (Lipinski definition) is 1. The number of hydrogen-bond acceptors (Lipinski definition) is 4. The number of carbonyl (C=O) groups excluding carboxylic acids is 1. The van der Waals surface area contributed by atoms with Crippen LogP contribution in [-0.2, 0) is 11.8 Å². The second-order valence-corrected chi connectivity index (χ2v) is 8.05. The number of carbonyl (C=O) groups is 1. The van der Waals surface area contributed by atoms with Gasteiger partial charge in [0.25, 0.3) is 0 Å². The summed E-state index contributed by atoms with van der Waals surface area (Å²) in [4.78, 5) is 11.7. The number of H-pyrrole nitrogens is 1. The molecule has 0 saturated heterocycles. The van der Waals surface area contributed by atoms with E-state index < -0.39 is 0 Å². The summed E-state index contributed by atoms with van der Waals surface area (Å²) in [6, 6.07) is 9.83. The van der Waals surface area contributed by atoms with Gasteiger partial charge in [-0.1, -0.05) is 5.92 Å². The second-order valence-electron chi connectivity index (χ2n) is 8.05. The van der Waals surface area contributed by atoms with E-state index in [2.05, 4.69) is 21.2 Å². The van der Waals surface area contributed by atoms with Gasteiger partial charge in [-0.15, -0.1) is 6.42 Å². The Labute approximate surface area is 174 Å². The van der Waals surface area contributed by atoms with Crippen molar-refractivity contribution in [1.29, 1.82) is 0 Å². The Bertz CT molecular complexity index is 1320. The Kier molecular flexibility index (Phi) is 4.32. The van der Waals surface area contributed by atoms with Crippen LogP contribution in [0.25, 0.3) is 33.1 Å². The highest BCUT2D eigenvalue weighted by Gasteiger charge is 2.29. The Morgan fingerprint density at radius 3 is 2.93 bits per heavy atom. The van der Waals surface area contributed by atoms with Crippen molar-refractivity contribution < 1.29 is 9.53 Å². The highest BCUT2D eigenvalue weighted by atomic mass is 16.5. The standard InChI is InChI=1S/C24H22N4O2/c1-4-15-5-8-21-19(9-15)24(26-25-21)17-11-22-20(13-28(3)27-22)23(12-17)30-14(2)16-6-7-18(29)10-16/h1,5,8-9,11-14,16H,6-7,10H2,2-3H3,(H,25,26)/t14-,16+/m1/s1. The molecular weight excluding hydrogens is 376 g/mol. The van der Waals surface area contributed by atoms with E-state index in [0.29, 0.717) is 18.6 Å². The maximum atomic E-state index is 11.7. The monoisotopic (exact) mass is 398 g/mol. The summed E-state index contributed by atoms with van der Waals surface area (Å²) >= 11 is 0. The van der Waals surface area contributed by atoms with E-state index in [4.69, 9.17) is 11.2 Å². The Morgan fingerprint density at radius 2 is 2.17 bits per heavy atom. The lowest BCUT2D eigenvalue weighted by atomic mass is 10.0. The second kappa shape index (κ2) is 7.03. The number of benzene rings is 2. The van der Waals surface area contributed by atoms with Gasteiger partial charge < -0.3 is 4.74 Å². The zero-order chi connectivity index (χ0) is 20.8. The predicted molar refractivity (Wildman–Crippen MR) is 116 cm³/mol. The first-order valence-corrected chi connectivity index (χ1v) is 10.1. The Balaban J connectivity index is 1.60. The molecule has 5 rings (SSSR count). The lowest BCUT2D eigenvalue weighted by Crippen LogP contribution is -2.21. The number of fused-ring (bicyclic) bond motifs is 2. The van der Waals surface area contributed by atoms with Gasteiger partial charge in [-0.3, -0.25) is 14.6 Å². The number of Topliss-reactive ketones (excluding diaryl/α,β-unsaturated/α-hetero) is 1. The molecule has 1 fully saturated rings. The van der Waals surface area contributed by atoms with Gasteiger partial charge in [0.1, 0.15) is 17.2 Å². The van der Waals surface area contributed by atoms with Gasteiger partial charge in [0.15, 0.2) is 0 Å². The van der Waals surface area contributed by atoms with Crippen LogP contribution in [0, 0.1) is 18.3 Å². The summed E-state index contributed by atoms with van der Waals surface area (Å²) in [5, 5.41) is 14.1. The molecule has 0 aliphatic heterocycles. The molecule has 2 atom stereocenters. The number of aromatic nitrogens is 4. The molecule has 4 aromatic rings. The van der Waals surface area contributed by atoms with Crippen LogP contribution in [0.1, 0.15) is 31.7 Å². The number of rotatable bonds is 4. The van der Waals surface area contributed by atoms with E-state index in [1.165, 1.54) is 0 Å². The summed E-state index contributed by atoms with van der Waals surface area (Å²) in [7, 11) is 1.89. The number of ether oxygens (including phenoxy) is 1. The Morgan fingerprint density at radius 1 is 1.30 bits per heavy atom. The third kappa shape index (κ3) is 3.13. The van der Waals surface area contributed by atoms with Crippen molar-refractivity contribution in [1.82, 2.24) is 20.0 Å². The zero-order valence-electron chi connectivity index (χ0n) is 17.0. The molecule has 2 heterocycles. The highest BCUT2D eigenvalue weighted by Crippen LogP contribution is 2.36. The highest BCUT2D eigenvalue weighted by molar-refractivity contribution is 5.97. The van der Waals surface area contributed by atoms with Crippen molar-refractivity contribution in [3.63, 3.8) is 0 Å². The SMILES string of the molecule is C#Cc1ccc2[nH]nc(-c3cc(O[C@H](C)[C@H]4CCC(=O)C4)c4cn(C)nc4c3)c2c1. The van der Waals surface area contributed by atoms with Crippen molar-refractivity contribution in [2.24, 2.45) is 13.0 Å². The van der Waals surface area contributed by atoms with E-state index in [0.717, 1.165) is 50.8 Å². The van der Waals surface area contributed by atoms with E-state index in [-0.39, 0.29) is 12.0 Å². The number of aromatic amines is 1. The van der Waals surface area contributed by atoms with E-state index in [1.807, 2.05) is 50.5 Å². The van der Waals surface area contributed by atoms with Crippen LogP contribution in [0.3, 0.4) is 0 Å². The molecule has 30 heavy (non-hydrogen) atoms. The predicted octanol–water partition coefficient (Wildman–Crippen LogP) is 4.23. The molecule has 2 aromatic heterocycles. The first-order chi connectivity index (χ1) is 14.5. The van der Waals surface area contributed by atoms with Gasteiger partial charge in [0.2, 0.25) is 0 Å². The van der Waals surface area contributed by atoms with Crippen LogP contribution < -0.4 is 4.74 Å². The van der Waals surface area contributed by atoms with Crippen molar-refractivity contribution in [3.05, 3.63) is 42.1 Å². The van der Waals surface area contributed by atoms with Crippen LogP contribution in [0.5, 0.6) is 5.75 Å². The Hall–Kier alpha value is -3.59. The van der Waals surface area contributed by atoms with Crippen LogP contribution >= 0.6 is 0 Å². The molecule has 0 spiro atoms. The van der Waals surface area contributed by atoms with Crippen LogP contribution in [0.15, 0.2) is 36.5 Å². The van der Waals surface area contributed by atoms with Gasteiger partial charge in [0, 0.05) is 48.5 Å². The number of nitrogens with one attached hydrogen (secondary N) is 1. The van der Waals surface area contributed by atoms with Gasteiger partial charge in [-0.25, -0.2) is 0 Å². The largest absolute Gasteiger partial charge is 0.490 e. The van der Waals surface area contributed by atoms with E-state index in [1.54, 1.807) is 4.68 Å². The molecule has 150 valence electrons. The number of terminal acetylenes is 1. The molecular formula is C24H22N4O2. The fraction of sp³-hybridized carbons (Fsp3) is 0.292. The minimum atomic E-state index is -0.0564. The average molecular weight is 398 g/mol. The first kappa shape index (κ1) is 18.4. The summed E-state index contributed by atoms with van der Waals surface area (Å²) in [5.74, 6) is 4.01. The minimum absolute atomic E-state index is 0.0564. The maximum Gasteiger partial charge on any atom is 0.133 e. The molecule has 0 unspecified atom stereocenters. The number of nitrogens with zero attached hydrogens (tertiary/aromatic N) is 3. The minimum Gasteiger partial charge on any atom is -0.490 e. The number of aryl methyl sites for hydroxylation is 1. The van der Waals surface area contributed by atoms with E-state index >= 15 is 0 Å². The van der Waals surface area contributed by atoms with Crippen molar-refractivity contribution >= 4 is 27.6 Å². The molecule has 1 aliphatic rings. The van der Waals surface area contributed by atoms with Crippen molar-refractivity contribution in [3.8, 4) is 29.4 Å². The van der Waals surface area contributed by atoms with Crippen LogP contribution in [0.2, 0.25) is 0 Å². The average Bonchev–Trinajstić information content (AvgIpc) is 3.44. The molecule has 1 aliphatic carbocycles. The van der Waals surface area contributed by atoms with Crippen LogP contribution in [-0.4, -0.2) is 31.9 Å². The first-order valence-electron chi connectivity index (χ1n) is 10.1.